The quantitative estimate of drug-likeness (QED) is 0.762. The number of hydrogen-bond acceptors (Lipinski definition) is 7. The minimum Gasteiger partial charge on any atom is -0.263 e. The smallest absolute Gasteiger partial charge is 0.263 e. The molecule has 4 rings (SSSR count). The first-order valence-electron chi connectivity index (χ1n) is 8.25. The van der Waals surface area contributed by atoms with Crippen LogP contribution in [0.5, 0.6) is 0 Å². The van der Waals surface area contributed by atoms with Crippen molar-refractivity contribution in [1.82, 2.24) is 29.2 Å². The van der Waals surface area contributed by atoms with Crippen LogP contribution < -0.4 is 10.2 Å². The molecule has 0 saturated carbocycles. The van der Waals surface area contributed by atoms with E-state index in [1.54, 1.807) is 12.1 Å². The van der Waals surface area contributed by atoms with Crippen molar-refractivity contribution < 1.29 is 4.62 Å². The predicted molar refractivity (Wildman–Crippen MR) is 93.4 cm³/mol. The van der Waals surface area contributed by atoms with E-state index in [4.69, 9.17) is 4.62 Å². The van der Waals surface area contributed by atoms with Gasteiger partial charge in [0, 0.05) is 32.0 Å². The summed E-state index contributed by atoms with van der Waals surface area (Å²) in [6, 6.07) is 7.22. The highest BCUT2D eigenvalue weighted by molar-refractivity contribution is 7.64. The van der Waals surface area contributed by atoms with E-state index in [1.807, 2.05) is 12.1 Å². The number of nitrogens with zero attached hydrogens (tertiary/aromatic N) is 6. The third-order valence-electron chi connectivity index (χ3n) is 4.82. The summed E-state index contributed by atoms with van der Waals surface area (Å²) in [5, 5.41) is 8.70. The van der Waals surface area contributed by atoms with Gasteiger partial charge in [-0.2, -0.15) is 4.62 Å². The van der Waals surface area contributed by atoms with Crippen molar-refractivity contribution in [2.45, 2.75) is 12.8 Å². The Morgan fingerprint density at radius 2 is 1.71 bits per heavy atom. The van der Waals surface area contributed by atoms with Crippen molar-refractivity contribution in [3.63, 3.8) is 0 Å². The van der Waals surface area contributed by atoms with Crippen LogP contribution in [0.15, 0.2) is 29.1 Å². The molecular weight excluding hydrogens is 327 g/mol. The summed E-state index contributed by atoms with van der Waals surface area (Å²) >= 11 is 0. The summed E-state index contributed by atoms with van der Waals surface area (Å²) in [4.78, 5) is 13.9. The number of rotatable bonds is 3. The molecule has 0 radical (unpaired) electrons. The molecule has 0 atom stereocenters. The number of aromatic nitrogens is 3. The first-order valence-corrected chi connectivity index (χ1v) is 9.82. The summed E-state index contributed by atoms with van der Waals surface area (Å²) in [5.41, 5.74) is 0.330. The molecule has 2 aromatic rings. The zero-order valence-electron chi connectivity index (χ0n) is 14.0. The van der Waals surface area contributed by atoms with Gasteiger partial charge in [-0.1, -0.05) is 12.1 Å². The van der Waals surface area contributed by atoms with Gasteiger partial charge < -0.3 is 0 Å². The zero-order valence-corrected chi connectivity index (χ0v) is 14.9. The van der Waals surface area contributed by atoms with Crippen molar-refractivity contribution >= 4 is 18.8 Å². The van der Waals surface area contributed by atoms with Gasteiger partial charge in [0.2, 0.25) is 0 Å². The van der Waals surface area contributed by atoms with Crippen LogP contribution in [-0.2, 0) is 0 Å². The molecule has 0 aliphatic carbocycles. The van der Waals surface area contributed by atoms with Gasteiger partial charge in [0.25, 0.3) is 0 Å². The van der Waals surface area contributed by atoms with Crippen LogP contribution >= 0.6 is 7.94 Å². The highest BCUT2D eigenvalue weighted by Gasteiger charge is 2.64. The molecule has 0 spiro atoms. The second kappa shape index (κ2) is 6.04. The lowest BCUT2D eigenvalue weighted by Gasteiger charge is -2.33. The van der Waals surface area contributed by atoms with Crippen molar-refractivity contribution in [2.24, 2.45) is 0 Å². The first-order chi connectivity index (χ1) is 11.6. The summed E-state index contributed by atoms with van der Waals surface area (Å²) in [6.07, 6.45) is 2.32. The summed E-state index contributed by atoms with van der Waals surface area (Å²) in [5.74, 6) is 0. The van der Waals surface area contributed by atoms with E-state index in [9.17, 15) is 4.79 Å². The van der Waals surface area contributed by atoms with Crippen LogP contribution in [0.4, 0.5) is 0 Å². The molecule has 0 N–H and O–H groups in total. The zero-order chi connectivity index (χ0) is 16.7. The number of benzene rings is 1. The highest BCUT2D eigenvalue weighted by atomic mass is 31.2. The van der Waals surface area contributed by atoms with E-state index in [0.717, 1.165) is 43.9 Å². The molecule has 1 aromatic carbocycles. The average Bonchev–Trinajstić information content (AvgIpc) is 3.22. The van der Waals surface area contributed by atoms with Crippen LogP contribution in [0.25, 0.3) is 10.9 Å². The lowest BCUT2D eigenvalue weighted by Crippen LogP contribution is -2.43. The first kappa shape index (κ1) is 15.9. The third kappa shape index (κ3) is 2.33. The van der Waals surface area contributed by atoms with Gasteiger partial charge in [-0.25, -0.2) is 0 Å². The maximum absolute atomic E-state index is 12.8. The topological polar surface area (TPSA) is 66.7 Å². The van der Waals surface area contributed by atoms with E-state index in [-0.39, 0.29) is 5.56 Å². The Morgan fingerprint density at radius 3 is 2.42 bits per heavy atom. The Kier molecular flexibility index (Phi) is 4.00. The molecule has 8 nitrogen and oxygen atoms in total. The van der Waals surface area contributed by atoms with E-state index >= 15 is 0 Å². The fourth-order valence-corrected chi connectivity index (χ4v) is 7.07. The molecule has 128 valence electrons. The lowest BCUT2D eigenvalue weighted by atomic mass is 10.2. The molecule has 0 amide bonds. The summed E-state index contributed by atoms with van der Waals surface area (Å²) < 4.78 is 13.2. The van der Waals surface area contributed by atoms with Crippen LogP contribution in [0.1, 0.15) is 12.8 Å². The third-order valence-corrected chi connectivity index (χ3v) is 8.51. The van der Waals surface area contributed by atoms with Gasteiger partial charge in [0.1, 0.15) is 5.52 Å². The molecule has 1 aromatic heterocycles. The number of likely N-dealkylation sites (N-methyl/N-ethyl adjacent to an activating group) is 2. The van der Waals surface area contributed by atoms with Gasteiger partial charge in [0.05, 0.1) is 18.5 Å². The molecule has 2 aliphatic heterocycles. The van der Waals surface area contributed by atoms with Crippen molar-refractivity contribution in [1.29, 1.82) is 0 Å². The fourth-order valence-electron chi connectivity index (χ4n) is 3.51. The van der Waals surface area contributed by atoms with Crippen LogP contribution in [0.3, 0.4) is 0 Å². The van der Waals surface area contributed by atoms with E-state index in [1.165, 1.54) is 0 Å². The number of fused-ring (bicyclic) bond motifs is 1. The Labute approximate surface area is 141 Å². The second-order valence-electron chi connectivity index (χ2n) is 6.30. The van der Waals surface area contributed by atoms with Crippen LogP contribution in [-0.4, -0.2) is 69.4 Å². The Bertz CT molecular complexity index is 796. The molecule has 24 heavy (non-hydrogen) atoms. The Balaban J connectivity index is 1.78. The second-order valence-corrected chi connectivity index (χ2v) is 9.42. The van der Waals surface area contributed by atoms with E-state index in [0.29, 0.717) is 10.9 Å². The molecule has 0 bridgehead atoms. The maximum Gasteiger partial charge on any atom is 0.451 e. The Hall–Kier alpha value is -1.60. The molecular formula is C15H22N6O2P+. The van der Waals surface area contributed by atoms with Gasteiger partial charge in [-0.05, 0) is 30.2 Å². The van der Waals surface area contributed by atoms with Crippen molar-refractivity contribution in [2.75, 3.05) is 40.3 Å². The number of hydrogen-bond donors (Lipinski definition) is 0. The van der Waals surface area contributed by atoms with Gasteiger partial charge >= 0.3 is 13.5 Å². The Morgan fingerprint density at radius 1 is 1.04 bits per heavy atom. The fraction of sp³-hybridized carbons (Fsp3) is 0.533. The predicted octanol–water partition coefficient (Wildman–Crippen LogP) is 0.871. The molecule has 2 fully saturated rings. The monoisotopic (exact) mass is 349 g/mol. The normalized spacial score (nSPS) is 22.4. The standard InChI is InChI=1S/C15H22N6O2P/c1-18-11-12-19(2)24(18,20-9-5-6-10-20)23-21-15(22)13-7-3-4-8-14(13)16-17-21/h3-4,7-8H,5-6,9-12H2,1-2H3/q+1. The van der Waals surface area contributed by atoms with Crippen molar-refractivity contribution in [3.05, 3.63) is 34.6 Å². The van der Waals surface area contributed by atoms with E-state index < -0.39 is 7.94 Å². The van der Waals surface area contributed by atoms with Gasteiger partial charge in [0.15, 0.2) is 0 Å². The molecule has 3 heterocycles. The van der Waals surface area contributed by atoms with Crippen LogP contribution in [0.2, 0.25) is 0 Å². The average molecular weight is 349 g/mol. The molecule has 2 saturated heterocycles. The summed E-state index contributed by atoms with van der Waals surface area (Å²) in [6.45, 7) is 3.80. The lowest BCUT2D eigenvalue weighted by molar-refractivity contribution is 0.170. The molecule has 0 unspecified atom stereocenters. The maximum atomic E-state index is 12.8. The van der Waals surface area contributed by atoms with Gasteiger partial charge in [-0.3, -0.25) is 4.79 Å². The van der Waals surface area contributed by atoms with E-state index in [2.05, 4.69) is 38.4 Å². The SMILES string of the molecule is CN1CCN(C)[P+]1(On1nnc2ccccc2c1=O)N1CCCC1. The highest BCUT2D eigenvalue weighted by Crippen LogP contribution is 2.67. The van der Waals surface area contributed by atoms with Crippen molar-refractivity contribution in [3.8, 4) is 0 Å². The molecule has 9 heteroatoms. The summed E-state index contributed by atoms with van der Waals surface area (Å²) in [7, 11) is 1.89. The minimum absolute atomic E-state index is 0.257. The van der Waals surface area contributed by atoms with Crippen LogP contribution in [0, 0.1) is 0 Å². The van der Waals surface area contributed by atoms with Gasteiger partial charge in [-0.15, -0.1) is 19.1 Å². The minimum atomic E-state index is -2.24. The largest absolute Gasteiger partial charge is 0.451 e. The molecule has 2 aliphatic rings.